The summed E-state index contributed by atoms with van der Waals surface area (Å²) in [4.78, 5) is 13.1. The molecule has 2 aliphatic rings. The van der Waals surface area contributed by atoms with Crippen molar-refractivity contribution in [1.29, 1.82) is 0 Å². The second-order valence-corrected chi connectivity index (χ2v) is 8.89. The molecule has 0 fully saturated rings. The Kier molecular flexibility index (Phi) is 5.63. The van der Waals surface area contributed by atoms with Crippen molar-refractivity contribution < 1.29 is 19.0 Å². The molecule has 32 heavy (non-hydrogen) atoms. The monoisotopic (exact) mass is 434 g/mol. The zero-order valence-corrected chi connectivity index (χ0v) is 19.5. The Morgan fingerprint density at radius 3 is 2.72 bits per heavy atom. The van der Waals surface area contributed by atoms with Crippen LogP contribution < -0.4 is 14.8 Å². The molecule has 4 rings (SSSR count). The molecule has 2 aromatic rings. The van der Waals surface area contributed by atoms with E-state index >= 15 is 0 Å². The largest absolute Gasteiger partial charge is 0.496 e. The predicted octanol–water partition coefficient (Wildman–Crippen LogP) is 5.66. The van der Waals surface area contributed by atoms with Gasteiger partial charge in [0.05, 0.1) is 18.2 Å². The average Bonchev–Trinajstić information content (AvgIpc) is 2.74. The van der Waals surface area contributed by atoms with Gasteiger partial charge < -0.3 is 24.4 Å². The van der Waals surface area contributed by atoms with Crippen LogP contribution in [-0.2, 0) is 4.74 Å². The number of hydrogen-bond acceptors (Lipinski definition) is 5. The fourth-order valence-corrected chi connectivity index (χ4v) is 4.46. The van der Waals surface area contributed by atoms with Crippen LogP contribution in [0.3, 0.4) is 0 Å². The van der Waals surface area contributed by atoms with Crippen LogP contribution >= 0.6 is 0 Å². The van der Waals surface area contributed by atoms with Crippen LogP contribution in [0, 0.1) is 0 Å². The smallest absolute Gasteiger partial charge is 0.409 e. The van der Waals surface area contributed by atoms with Gasteiger partial charge in [0.2, 0.25) is 0 Å². The normalized spacial score (nSPS) is 17.8. The summed E-state index contributed by atoms with van der Waals surface area (Å²) < 4.78 is 17.4. The molecule has 0 saturated carbocycles. The van der Waals surface area contributed by atoms with E-state index in [0.717, 1.165) is 39.4 Å². The number of carbonyl (C=O) groups excluding carboxylic acids is 1. The number of nitrogens with zero attached hydrogens (tertiary/aromatic N) is 1. The maximum absolute atomic E-state index is 11.7. The van der Waals surface area contributed by atoms with Gasteiger partial charge in [-0.3, -0.25) is 0 Å². The Bertz CT molecular complexity index is 1120. The van der Waals surface area contributed by atoms with Crippen molar-refractivity contribution in [1.82, 2.24) is 4.90 Å². The highest BCUT2D eigenvalue weighted by Gasteiger charge is 2.33. The quantitative estimate of drug-likeness (QED) is 0.630. The Labute approximate surface area is 189 Å². The average molecular weight is 435 g/mol. The number of rotatable bonds is 4. The number of benzene rings is 2. The zero-order chi connectivity index (χ0) is 23.0. The van der Waals surface area contributed by atoms with Gasteiger partial charge in [-0.15, -0.1) is 0 Å². The molecule has 168 valence electrons. The molecule has 1 unspecified atom stereocenters. The Balaban J connectivity index is 1.81. The molecule has 2 aliphatic heterocycles. The van der Waals surface area contributed by atoms with Crippen molar-refractivity contribution in [3.63, 3.8) is 0 Å². The van der Waals surface area contributed by atoms with Crippen LogP contribution in [-0.4, -0.2) is 44.3 Å². The third-order valence-electron chi connectivity index (χ3n) is 5.67. The van der Waals surface area contributed by atoms with E-state index < -0.39 is 0 Å². The van der Waals surface area contributed by atoms with Crippen LogP contribution in [0.15, 0.2) is 48.6 Å². The molecule has 6 heteroatoms. The molecule has 1 amide bonds. The van der Waals surface area contributed by atoms with Gasteiger partial charge in [0.15, 0.2) is 0 Å². The van der Waals surface area contributed by atoms with E-state index in [-0.39, 0.29) is 24.3 Å². The summed E-state index contributed by atoms with van der Waals surface area (Å²) in [6.45, 7) is 6.62. The highest BCUT2D eigenvalue weighted by molar-refractivity contribution is 5.91. The molecule has 2 heterocycles. The zero-order valence-electron chi connectivity index (χ0n) is 19.5. The maximum Gasteiger partial charge on any atom is 0.409 e. The lowest BCUT2D eigenvalue weighted by molar-refractivity contribution is 0.129. The Morgan fingerprint density at radius 1 is 1.22 bits per heavy atom. The molecular formula is C26H30N2O4. The molecule has 0 aliphatic carbocycles. The van der Waals surface area contributed by atoms with Crippen molar-refractivity contribution in [2.24, 2.45) is 0 Å². The molecule has 0 aromatic heterocycles. The van der Waals surface area contributed by atoms with Crippen molar-refractivity contribution in [3.05, 3.63) is 59.7 Å². The SMILES string of the molecule is COc1cccc2c1-c1ccc3c(c1C(/C=C\COC(=O)N(C)C)O2)C(C)=CC(C)(C)N3. The maximum atomic E-state index is 11.7. The summed E-state index contributed by atoms with van der Waals surface area (Å²) in [5.41, 5.74) is 6.38. The molecule has 1 atom stereocenters. The number of carbonyl (C=O) groups is 1. The fraction of sp³-hybridized carbons (Fsp3) is 0.346. The summed E-state index contributed by atoms with van der Waals surface area (Å²) in [5.74, 6) is 1.54. The summed E-state index contributed by atoms with van der Waals surface area (Å²) in [6.07, 6.45) is 5.32. The number of ether oxygens (including phenoxy) is 3. The van der Waals surface area contributed by atoms with Crippen molar-refractivity contribution in [3.8, 4) is 22.6 Å². The van der Waals surface area contributed by atoms with E-state index in [2.05, 4.69) is 44.3 Å². The second-order valence-electron chi connectivity index (χ2n) is 8.89. The van der Waals surface area contributed by atoms with Crippen LogP contribution in [0.5, 0.6) is 11.5 Å². The molecule has 0 saturated heterocycles. The lowest BCUT2D eigenvalue weighted by Crippen LogP contribution is -2.32. The van der Waals surface area contributed by atoms with E-state index in [4.69, 9.17) is 14.2 Å². The van der Waals surface area contributed by atoms with E-state index in [1.165, 1.54) is 10.5 Å². The lowest BCUT2D eigenvalue weighted by atomic mass is 9.81. The van der Waals surface area contributed by atoms with Gasteiger partial charge in [0.1, 0.15) is 24.2 Å². The van der Waals surface area contributed by atoms with Gasteiger partial charge in [0.25, 0.3) is 0 Å². The molecule has 2 aromatic carbocycles. The first-order valence-electron chi connectivity index (χ1n) is 10.7. The molecule has 0 radical (unpaired) electrons. The Hall–Kier alpha value is -3.41. The van der Waals surface area contributed by atoms with Crippen molar-refractivity contribution in [2.45, 2.75) is 32.4 Å². The highest BCUT2D eigenvalue weighted by Crippen LogP contribution is 2.52. The molecular weight excluding hydrogens is 404 g/mol. The minimum Gasteiger partial charge on any atom is -0.496 e. The minimum absolute atomic E-state index is 0.137. The molecule has 0 bridgehead atoms. The number of allylic oxidation sites excluding steroid dienone is 1. The van der Waals surface area contributed by atoms with Gasteiger partial charge in [0, 0.05) is 30.9 Å². The standard InChI is InChI=1S/C26H30N2O4/c1-16-15-26(2,3)27-18-13-12-17-23-19(30-6)9-7-10-20(23)32-21(24(17)22(16)18)11-8-14-31-25(29)28(4)5/h7-13,15,21,27H,14H2,1-6H3/b11-8-. The predicted molar refractivity (Wildman–Crippen MR) is 127 cm³/mol. The number of methoxy groups -OCH3 is 1. The fourth-order valence-electron chi connectivity index (χ4n) is 4.46. The van der Waals surface area contributed by atoms with Gasteiger partial charge in [-0.2, -0.15) is 0 Å². The van der Waals surface area contributed by atoms with Gasteiger partial charge in [-0.1, -0.05) is 18.2 Å². The third kappa shape index (κ3) is 3.93. The first kappa shape index (κ1) is 21.8. The number of nitrogens with one attached hydrogen (secondary N) is 1. The van der Waals surface area contributed by atoms with E-state index in [1.54, 1.807) is 21.2 Å². The minimum atomic E-state index is -0.378. The highest BCUT2D eigenvalue weighted by atomic mass is 16.6. The lowest BCUT2D eigenvalue weighted by Gasteiger charge is -2.36. The molecule has 1 N–H and O–H groups in total. The first-order valence-corrected chi connectivity index (χ1v) is 10.7. The van der Waals surface area contributed by atoms with Crippen LogP contribution in [0.4, 0.5) is 10.5 Å². The topological polar surface area (TPSA) is 60.0 Å². The van der Waals surface area contributed by atoms with Crippen LogP contribution in [0.2, 0.25) is 0 Å². The van der Waals surface area contributed by atoms with Gasteiger partial charge >= 0.3 is 6.09 Å². The van der Waals surface area contributed by atoms with E-state index in [9.17, 15) is 4.79 Å². The van der Waals surface area contributed by atoms with Crippen molar-refractivity contribution in [2.75, 3.05) is 33.1 Å². The van der Waals surface area contributed by atoms with Gasteiger partial charge in [-0.05, 0) is 62.3 Å². The summed E-state index contributed by atoms with van der Waals surface area (Å²) >= 11 is 0. The van der Waals surface area contributed by atoms with Crippen LogP contribution in [0.25, 0.3) is 16.7 Å². The van der Waals surface area contributed by atoms with Crippen LogP contribution in [0.1, 0.15) is 38.0 Å². The first-order chi connectivity index (χ1) is 15.2. The van der Waals surface area contributed by atoms with Gasteiger partial charge in [-0.25, -0.2) is 4.79 Å². The molecule has 6 nitrogen and oxygen atoms in total. The Morgan fingerprint density at radius 2 is 2.00 bits per heavy atom. The van der Waals surface area contributed by atoms with E-state index in [1.807, 2.05) is 30.4 Å². The van der Waals surface area contributed by atoms with E-state index in [0.29, 0.717) is 0 Å². The third-order valence-corrected chi connectivity index (χ3v) is 5.67. The number of fused-ring (bicyclic) bond motifs is 5. The number of hydrogen-bond donors (Lipinski definition) is 1. The number of anilines is 1. The summed E-state index contributed by atoms with van der Waals surface area (Å²) in [5, 5.41) is 3.62. The summed E-state index contributed by atoms with van der Waals surface area (Å²) in [6, 6.07) is 10.1. The second kappa shape index (κ2) is 8.26. The summed E-state index contributed by atoms with van der Waals surface area (Å²) in [7, 11) is 4.99. The number of amides is 1. The molecule has 0 spiro atoms. The van der Waals surface area contributed by atoms with Crippen molar-refractivity contribution >= 4 is 17.4 Å².